The third-order valence-electron chi connectivity index (χ3n) is 3.50. The normalized spacial score (nSPS) is 10.1. The molecule has 0 fully saturated rings. The molecule has 0 heterocycles. The first-order valence-corrected chi connectivity index (χ1v) is 7.78. The van der Waals surface area contributed by atoms with Crippen LogP contribution in [0.15, 0.2) is 78.9 Å². The van der Waals surface area contributed by atoms with Crippen molar-refractivity contribution in [2.24, 2.45) is 0 Å². The zero-order valence-corrected chi connectivity index (χ0v) is 13.6. The Morgan fingerprint density at radius 1 is 0.680 bits per heavy atom. The van der Waals surface area contributed by atoms with E-state index in [0.717, 1.165) is 0 Å². The molecule has 0 radical (unpaired) electrons. The number of benzene rings is 3. The van der Waals surface area contributed by atoms with Crippen molar-refractivity contribution in [3.05, 3.63) is 90.0 Å². The van der Waals surface area contributed by atoms with Crippen LogP contribution in [-0.2, 0) is 0 Å². The number of hydrogen-bond donors (Lipinski definition) is 0. The van der Waals surface area contributed by atoms with Gasteiger partial charge in [0.15, 0.2) is 5.78 Å². The standard InChI is InChI=1S/C21H16O4/c1-15(22)16-7-5-12-20(13-16)25-21(23)17-8-6-11-19(14-17)24-18-9-3-2-4-10-18/h2-14H,1H3. The lowest BCUT2D eigenvalue weighted by atomic mass is 10.1. The van der Waals surface area contributed by atoms with Gasteiger partial charge in [0, 0.05) is 5.56 Å². The Kier molecular flexibility index (Phi) is 4.90. The molecular weight excluding hydrogens is 316 g/mol. The fourth-order valence-electron chi connectivity index (χ4n) is 2.26. The summed E-state index contributed by atoms with van der Waals surface area (Å²) in [6, 6.07) is 22.6. The van der Waals surface area contributed by atoms with E-state index in [0.29, 0.717) is 28.4 Å². The maximum atomic E-state index is 12.3. The molecule has 0 saturated heterocycles. The van der Waals surface area contributed by atoms with Gasteiger partial charge in [-0.3, -0.25) is 4.79 Å². The van der Waals surface area contributed by atoms with Crippen molar-refractivity contribution < 1.29 is 19.1 Å². The highest BCUT2D eigenvalue weighted by Gasteiger charge is 2.11. The summed E-state index contributed by atoms with van der Waals surface area (Å²) in [5, 5.41) is 0. The first kappa shape index (κ1) is 16.5. The topological polar surface area (TPSA) is 52.6 Å². The summed E-state index contributed by atoms with van der Waals surface area (Å²) in [7, 11) is 0. The lowest BCUT2D eigenvalue weighted by molar-refractivity contribution is 0.0733. The Morgan fingerprint density at radius 3 is 2.00 bits per heavy atom. The van der Waals surface area contributed by atoms with Gasteiger partial charge >= 0.3 is 5.97 Å². The van der Waals surface area contributed by atoms with E-state index in [-0.39, 0.29) is 5.78 Å². The predicted molar refractivity (Wildman–Crippen MR) is 94.4 cm³/mol. The van der Waals surface area contributed by atoms with Crippen LogP contribution in [0.5, 0.6) is 17.2 Å². The molecule has 0 unspecified atom stereocenters. The van der Waals surface area contributed by atoms with Crippen molar-refractivity contribution in [1.29, 1.82) is 0 Å². The monoisotopic (exact) mass is 332 g/mol. The number of carbonyl (C=O) groups is 2. The molecule has 0 aliphatic heterocycles. The lowest BCUT2D eigenvalue weighted by Gasteiger charge is -2.08. The van der Waals surface area contributed by atoms with Crippen LogP contribution in [0.25, 0.3) is 0 Å². The van der Waals surface area contributed by atoms with Gasteiger partial charge < -0.3 is 9.47 Å². The molecule has 0 amide bonds. The van der Waals surface area contributed by atoms with Gasteiger partial charge in [0.25, 0.3) is 0 Å². The van der Waals surface area contributed by atoms with Crippen LogP contribution in [0, 0.1) is 0 Å². The number of esters is 1. The molecule has 0 spiro atoms. The van der Waals surface area contributed by atoms with E-state index in [1.807, 2.05) is 30.3 Å². The number of ketones is 1. The summed E-state index contributed by atoms with van der Waals surface area (Å²) in [5.41, 5.74) is 0.855. The van der Waals surface area contributed by atoms with Crippen molar-refractivity contribution in [2.75, 3.05) is 0 Å². The summed E-state index contributed by atoms with van der Waals surface area (Å²) >= 11 is 0. The molecular formula is C21H16O4. The molecule has 25 heavy (non-hydrogen) atoms. The molecule has 0 aliphatic rings. The van der Waals surface area contributed by atoms with Crippen molar-refractivity contribution in [3.8, 4) is 17.2 Å². The van der Waals surface area contributed by atoms with Crippen LogP contribution < -0.4 is 9.47 Å². The molecule has 0 aliphatic carbocycles. The maximum Gasteiger partial charge on any atom is 0.343 e. The Balaban J connectivity index is 1.75. The van der Waals surface area contributed by atoms with E-state index in [2.05, 4.69) is 0 Å². The molecule has 3 aromatic carbocycles. The zero-order chi connectivity index (χ0) is 17.6. The second-order valence-electron chi connectivity index (χ2n) is 5.42. The van der Waals surface area contributed by atoms with Gasteiger partial charge in [0.05, 0.1) is 5.56 Å². The quantitative estimate of drug-likeness (QED) is 0.379. The Hall–Kier alpha value is -3.40. The van der Waals surface area contributed by atoms with Crippen LogP contribution in [0.1, 0.15) is 27.6 Å². The smallest absolute Gasteiger partial charge is 0.343 e. The van der Waals surface area contributed by atoms with Crippen molar-refractivity contribution in [2.45, 2.75) is 6.92 Å². The van der Waals surface area contributed by atoms with Gasteiger partial charge in [0.2, 0.25) is 0 Å². The number of rotatable bonds is 5. The van der Waals surface area contributed by atoms with Gasteiger partial charge in [-0.25, -0.2) is 4.79 Å². The van der Waals surface area contributed by atoms with Gasteiger partial charge in [-0.15, -0.1) is 0 Å². The molecule has 0 atom stereocenters. The summed E-state index contributed by atoms with van der Waals surface area (Å²) in [6.45, 7) is 1.46. The number of Topliss-reactive ketones (excluding diaryl/α,β-unsaturated/α-hetero) is 1. The van der Waals surface area contributed by atoms with Gasteiger partial charge in [0.1, 0.15) is 17.2 Å². The maximum absolute atomic E-state index is 12.3. The summed E-state index contributed by atoms with van der Waals surface area (Å²) < 4.78 is 11.1. The molecule has 0 N–H and O–H groups in total. The van der Waals surface area contributed by atoms with Crippen molar-refractivity contribution >= 4 is 11.8 Å². The summed E-state index contributed by atoms with van der Waals surface area (Å²) in [4.78, 5) is 23.8. The van der Waals surface area contributed by atoms with E-state index in [1.165, 1.54) is 6.92 Å². The molecule has 124 valence electrons. The first-order valence-electron chi connectivity index (χ1n) is 7.78. The highest BCUT2D eigenvalue weighted by molar-refractivity contribution is 5.95. The molecule has 0 bridgehead atoms. The van der Waals surface area contributed by atoms with Crippen molar-refractivity contribution in [1.82, 2.24) is 0 Å². The van der Waals surface area contributed by atoms with Crippen LogP contribution in [-0.4, -0.2) is 11.8 Å². The van der Waals surface area contributed by atoms with E-state index < -0.39 is 5.97 Å². The molecule has 0 aromatic heterocycles. The Morgan fingerprint density at radius 2 is 1.28 bits per heavy atom. The zero-order valence-electron chi connectivity index (χ0n) is 13.6. The lowest BCUT2D eigenvalue weighted by Crippen LogP contribution is -2.09. The summed E-state index contributed by atoms with van der Waals surface area (Å²) in [6.07, 6.45) is 0. The van der Waals surface area contributed by atoms with E-state index in [4.69, 9.17) is 9.47 Å². The van der Waals surface area contributed by atoms with E-state index in [1.54, 1.807) is 48.5 Å². The minimum atomic E-state index is -0.515. The molecule has 3 aromatic rings. The van der Waals surface area contributed by atoms with Crippen LogP contribution in [0.2, 0.25) is 0 Å². The van der Waals surface area contributed by atoms with Crippen LogP contribution >= 0.6 is 0 Å². The number of hydrogen-bond acceptors (Lipinski definition) is 4. The molecule has 4 heteroatoms. The van der Waals surface area contributed by atoms with Gasteiger partial charge in [-0.2, -0.15) is 0 Å². The minimum Gasteiger partial charge on any atom is -0.457 e. The average molecular weight is 332 g/mol. The number of para-hydroxylation sites is 1. The fraction of sp³-hybridized carbons (Fsp3) is 0.0476. The highest BCUT2D eigenvalue weighted by Crippen LogP contribution is 2.23. The third-order valence-corrected chi connectivity index (χ3v) is 3.50. The molecule has 4 nitrogen and oxygen atoms in total. The highest BCUT2D eigenvalue weighted by atomic mass is 16.5. The van der Waals surface area contributed by atoms with Crippen molar-refractivity contribution in [3.63, 3.8) is 0 Å². The second kappa shape index (κ2) is 7.45. The third kappa shape index (κ3) is 4.32. The van der Waals surface area contributed by atoms with Crippen LogP contribution in [0.3, 0.4) is 0 Å². The average Bonchev–Trinajstić information content (AvgIpc) is 2.63. The minimum absolute atomic E-state index is 0.0869. The van der Waals surface area contributed by atoms with E-state index in [9.17, 15) is 9.59 Å². The molecule has 0 saturated carbocycles. The molecule has 3 rings (SSSR count). The van der Waals surface area contributed by atoms with Crippen LogP contribution in [0.4, 0.5) is 0 Å². The summed E-state index contributed by atoms with van der Waals surface area (Å²) in [5.74, 6) is 0.947. The van der Waals surface area contributed by atoms with Gasteiger partial charge in [-0.05, 0) is 49.4 Å². The Labute approximate surface area is 145 Å². The second-order valence-corrected chi connectivity index (χ2v) is 5.42. The predicted octanol–water partition coefficient (Wildman–Crippen LogP) is 4.90. The first-order chi connectivity index (χ1) is 12.1. The number of carbonyl (C=O) groups excluding carboxylic acids is 2. The SMILES string of the molecule is CC(=O)c1cccc(OC(=O)c2cccc(Oc3ccccc3)c2)c1. The largest absolute Gasteiger partial charge is 0.457 e. The Bertz CT molecular complexity index is 901. The number of ether oxygens (including phenoxy) is 2. The fourth-order valence-corrected chi connectivity index (χ4v) is 2.26. The van der Waals surface area contributed by atoms with E-state index >= 15 is 0 Å². The van der Waals surface area contributed by atoms with Gasteiger partial charge in [-0.1, -0.05) is 36.4 Å².